The van der Waals surface area contributed by atoms with E-state index in [9.17, 15) is 10.5 Å². The van der Waals surface area contributed by atoms with E-state index in [2.05, 4.69) is 255 Å². The molecule has 0 bridgehead atoms. The number of nitriles is 2. The molecule has 512 valence electrons. The average molecular weight is 1400 g/mol. The Hall–Kier alpha value is -15.0. The van der Waals surface area contributed by atoms with E-state index in [1.54, 1.807) is 0 Å². The van der Waals surface area contributed by atoms with Gasteiger partial charge < -0.3 is 9.47 Å². The van der Waals surface area contributed by atoms with Crippen LogP contribution in [0.25, 0.3) is 123 Å². The first-order chi connectivity index (χ1) is 54.4. The Balaban J connectivity index is 0.000000145. The molecule has 4 aliphatic rings. The highest BCUT2D eigenvalue weighted by atomic mass is 16.5. The van der Waals surface area contributed by atoms with Crippen LogP contribution in [0.4, 0.5) is 0 Å². The van der Waals surface area contributed by atoms with E-state index < -0.39 is 10.8 Å². The highest BCUT2D eigenvalue weighted by Crippen LogP contribution is 2.67. The highest BCUT2D eigenvalue weighted by molar-refractivity contribution is 5.99. The van der Waals surface area contributed by atoms with Crippen LogP contribution >= 0.6 is 0 Å². The third-order valence-electron chi connectivity index (χ3n) is 22.1. The standard InChI is InChI=1S/C54H33N3O.C48H29N3O/c55-34-35-25-27-37(28-26-35)42-19-12-23-47-52(42)58-50-24-10-9-21-45(50)54(47)44-20-8-7-17-43(44)51-41(18-11-22-46(51)54)36-29-31-40(32-30-36)53-56-48(38-13-3-1-4-14-38)33-49(57-53)39-15-5-2-6-16-39;49-30-31-25-27-32(28-26-31)35-18-11-23-41-46(35)52-44-24-10-9-21-39(44)48(41)38-20-8-7-17-36(38)45-37(19-12-22-40(45)48)47-50-42(33-13-3-1-4-14-33)29-43(51-47)34-15-5-2-6-16-34/h1-33H;1-29H. The van der Waals surface area contributed by atoms with Gasteiger partial charge in [0.25, 0.3) is 0 Å². The van der Waals surface area contributed by atoms with Crippen LogP contribution in [-0.4, -0.2) is 19.9 Å². The molecule has 2 atom stereocenters. The van der Waals surface area contributed by atoms with Crippen molar-refractivity contribution in [1.82, 2.24) is 19.9 Å². The van der Waals surface area contributed by atoms with E-state index in [1.807, 2.05) is 133 Å². The lowest BCUT2D eigenvalue weighted by Gasteiger charge is -2.40. The van der Waals surface area contributed by atoms with E-state index >= 15 is 0 Å². The first-order valence-corrected chi connectivity index (χ1v) is 36.8. The summed E-state index contributed by atoms with van der Waals surface area (Å²) in [6, 6.07) is 135. The zero-order chi connectivity index (χ0) is 73.3. The Morgan fingerprint density at radius 1 is 0.218 bits per heavy atom. The van der Waals surface area contributed by atoms with Gasteiger partial charge >= 0.3 is 0 Å². The average Bonchev–Trinajstić information content (AvgIpc) is 1.52. The fraction of sp³-hybridized carbons (Fsp3) is 0.0196. The predicted molar refractivity (Wildman–Crippen MR) is 437 cm³/mol. The van der Waals surface area contributed by atoms with Gasteiger partial charge in [0.05, 0.1) is 56.9 Å². The normalized spacial score (nSPS) is 14.6. The monoisotopic (exact) mass is 1400 g/mol. The minimum atomic E-state index is -0.673. The second-order valence-corrected chi connectivity index (χ2v) is 28.0. The van der Waals surface area contributed by atoms with Crippen LogP contribution in [0.1, 0.15) is 55.6 Å². The van der Waals surface area contributed by atoms with Crippen LogP contribution in [0.15, 0.2) is 376 Å². The number of hydrogen-bond acceptors (Lipinski definition) is 8. The van der Waals surface area contributed by atoms with Crippen LogP contribution in [0.2, 0.25) is 0 Å². The summed E-state index contributed by atoms with van der Waals surface area (Å²) in [6.07, 6.45) is 0. The Morgan fingerprint density at radius 3 is 0.918 bits per heavy atom. The minimum absolute atomic E-state index is 0.622. The van der Waals surface area contributed by atoms with Crippen molar-refractivity contribution in [1.29, 1.82) is 10.5 Å². The molecule has 0 amide bonds. The lowest BCUT2D eigenvalue weighted by molar-refractivity contribution is 0.438. The maximum absolute atomic E-state index is 9.51. The smallest absolute Gasteiger partial charge is 0.161 e. The summed E-state index contributed by atoms with van der Waals surface area (Å²) < 4.78 is 13.8. The number of rotatable bonds is 9. The van der Waals surface area contributed by atoms with E-state index in [1.165, 1.54) is 27.8 Å². The molecule has 2 aliphatic heterocycles. The zero-order valence-electron chi connectivity index (χ0n) is 59.3. The topological polar surface area (TPSA) is 118 Å². The number of para-hydroxylation sites is 4. The number of ether oxygens (including phenoxy) is 2. The van der Waals surface area contributed by atoms with Gasteiger partial charge in [0.15, 0.2) is 11.6 Å². The van der Waals surface area contributed by atoms with Crippen LogP contribution in [0.3, 0.4) is 0 Å². The van der Waals surface area contributed by atoms with Crippen LogP contribution in [-0.2, 0) is 10.8 Å². The lowest BCUT2D eigenvalue weighted by atomic mass is 9.65. The first-order valence-electron chi connectivity index (χ1n) is 36.8. The Morgan fingerprint density at radius 2 is 0.509 bits per heavy atom. The fourth-order valence-electron chi connectivity index (χ4n) is 17.2. The summed E-state index contributed by atoms with van der Waals surface area (Å²) in [6.45, 7) is 0. The van der Waals surface area contributed by atoms with Gasteiger partial charge in [-0.2, -0.15) is 10.5 Å². The molecule has 0 saturated heterocycles. The summed E-state index contributed by atoms with van der Waals surface area (Å²) in [7, 11) is 0. The van der Waals surface area contributed by atoms with Crippen molar-refractivity contribution in [3.8, 4) is 159 Å². The van der Waals surface area contributed by atoms with Gasteiger partial charge in [-0.05, 0) is 115 Å². The summed E-state index contributed by atoms with van der Waals surface area (Å²) in [5.74, 6) is 4.65. The highest BCUT2D eigenvalue weighted by Gasteiger charge is 2.54. The molecule has 4 heterocycles. The van der Waals surface area contributed by atoms with E-state index in [0.717, 1.165) is 151 Å². The maximum atomic E-state index is 9.51. The number of nitrogens with zero attached hydrogens (tertiary/aromatic N) is 6. The Labute approximate surface area is 637 Å². The van der Waals surface area contributed by atoms with Crippen molar-refractivity contribution in [2.75, 3.05) is 0 Å². The van der Waals surface area contributed by atoms with Gasteiger partial charge in [-0.15, -0.1) is 0 Å². The van der Waals surface area contributed by atoms with Crippen LogP contribution < -0.4 is 9.47 Å². The first kappa shape index (κ1) is 64.6. The predicted octanol–water partition coefficient (Wildman–Crippen LogP) is 24.6. The molecule has 2 aromatic heterocycles. The Kier molecular flexibility index (Phi) is 15.6. The molecular formula is C102H62N6O2. The largest absolute Gasteiger partial charge is 0.456 e. The zero-order valence-corrected chi connectivity index (χ0v) is 59.3. The lowest BCUT2D eigenvalue weighted by Crippen LogP contribution is -2.32. The molecule has 0 N–H and O–H groups in total. The molecule has 2 aliphatic carbocycles. The van der Waals surface area contributed by atoms with Crippen LogP contribution in [0, 0.1) is 22.7 Å². The van der Waals surface area contributed by atoms with Crippen molar-refractivity contribution in [2.24, 2.45) is 0 Å². The molecular weight excluding hydrogens is 1340 g/mol. The molecule has 21 rings (SSSR count). The molecule has 8 heteroatoms. The number of hydrogen-bond donors (Lipinski definition) is 0. The SMILES string of the molecule is N#Cc1ccc(-c2cccc3c2Oc2ccccc2C32c3ccccc3-c3c(-c4ccc(-c5nc(-c6ccccc6)cc(-c6ccccc6)n5)cc4)cccc32)cc1.N#Cc1ccc(-c2cccc3c2Oc2ccccc2C32c3ccccc3-c3c(-c4nc(-c5ccccc5)cc(-c5ccccc5)n4)cccc32)cc1. The molecule has 0 fully saturated rings. The van der Waals surface area contributed by atoms with Crippen molar-refractivity contribution in [3.05, 3.63) is 432 Å². The summed E-state index contributed by atoms with van der Waals surface area (Å²) in [4.78, 5) is 20.7. The summed E-state index contributed by atoms with van der Waals surface area (Å²) in [5.41, 5.74) is 29.6. The number of aromatic nitrogens is 4. The number of fused-ring (bicyclic) bond motifs is 18. The molecule has 2 spiro atoms. The van der Waals surface area contributed by atoms with Crippen molar-refractivity contribution >= 4 is 0 Å². The third kappa shape index (κ3) is 10.4. The van der Waals surface area contributed by atoms with E-state index in [-0.39, 0.29) is 0 Å². The minimum Gasteiger partial charge on any atom is -0.456 e. The molecule has 17 aromatic rings. The molecule has 15 aromatic carbocycles. The second kappa shape index (κ2) is 26.6. The molecule has 2 unspecified atom stereocenters. The fourth-order valence-corrected chi connectivity index (χ4v) is 17.2. The van der Waals surface area contributed by atoms with Gasteiger partial charge in [0, 0.05) is 66.8 Å². The van der Waals surface area contributed by atoms with E-state index in [0.29, 0.717) is 22.8 Å². The van der Waals surface area contributed by atoms with Crippen molar-refractivity contribution in [3.63, 3.8) is 0 Å². The second-order valence-electron chi connectivity index (χ2n) is 28.0. The maximum Gasteiger partial charge on any atom is 0.161 e. The van der Waals surface area contributed by atoms with Gasteiger partial charge in [-0.1, -0.05) is 328 Å². The van der Waals surface area contributed by atoms with Crippen molar-refractivity contribution in [2.45, 2.75) is 10.8 Å². The number of benzene rings is 15. The van der Waals surface area contributed by atoms with Gasteiger partial charge in [-0.3, -0.25) is 0 Å². The molecule has 8 nitrogen and oxygen atoms in total. The van der Waals surface area contributed by atoms with Gasteiger partial charge in [-0.25, -0.2) is 19.9 Å². The quantitative estimate of drug-likeness (QED) is 0.140. The molecule has 0 saturated carbocycles. The van der Waals surface area contributed by atoms with E-state index in [4.69, 9.17) is 29.4 Å². The third-order valence-corrected chi connectivity index (χ3v) is 22.1. The molecule has 110 heavy (non-hydrogen) atoms. The Bertz CT molecular complexity index is 6480. The van der Waals surface area contributed by atoms with Gasteiger partial charge in [0.1, 0.15) is 23.0 Å². The summed E-state index contributed by atoms with van der Waals surface area (Å²) in [5, 5.41) is 19.0. The summed E-state index contributed by atoms with van der Waals surface area (Å²) >= 11 is 0. The van der Waals surface area contributed by atoms with Gasteiger partial charge in [0.2, 0.25) is 0 Å². The van der Waals surface area contributed by atoms with Crippen LogP contribution in [0.5, 0.6) is 23.0 Å². The van der Waals surface area contributed by atoms with Crippen molar-refractivity contribution < 1.29 is 9.47 Å². The molecule has 0 radical (unpaired) electrons.